The number of benzene rings is 1. The highest BCUT2D eigenvalue weighted by atomic mass is 35.5. The van der Waals surface area contributed by atoms with Crippen LogP contribution in [0.4, 0.5) is 4.79 Å². The highest BCUT2D eigenvalue weighted by Crippen LogP contribution is 2.18. The molecule has 0 aliphatic carbocycles. The fraction of sp³-hybridized carbons (Fsp3) is 0.467. The molecule has 0 aliphatic heterocycles. The summed E-state index contributed by atoms with van der Waals surface area (Å²) in [6, 6.07) is 6.79. The molecule has 0 heterocycles. The van der Waals surface area contributed by atoms with Crippen LogP contribution in [0.3, 0.4) is 0 Å². The monoisotopic (exact) mass is 313 g/mol. The van der Waals surface area contributed by atoms with Crippen LogP contribution in [0.5, 0.6) is 0 Å². The predicted molar refractivity (Wildman–Crippen MR) is 80.6 cm³/mol. The summed E-state index contributed by atoms with van der Waals surface area (Å²) in [5.41, 5.74) is -1.40. The molecule has 1 amide bonds. The Hall–Kier alpha value is -1.75. The highest BCUT2D eigenvalue weighted by molar-refractivity contribution is 6.30. The fourth-order valence-electron chi connectivity index (χ4n) is 1.71. The molecule has 1 aromatic carbocycles. The van der Waals surface area contributed by atoms with Crippen LogP contribution < -0.4 is 5.32 Å². The highest BCUT2D eigenvalue weighted by Gasteiger charge is 2.36. The summed E-state index contributed by atoms with van der Waals surface area (Å²) >= 11 is 5.80. The van der Waals surface area contributed by atoms with E-state index in [1.807, 2.05) is 0 Å². The number of hydrogen-bond donors (Lipinski definition) is 2. The van der Waals surface area contributed by atoms with E-state index in [9.17, 15) is 14.7 Å². The Morgan fingerprint density at radius 2 is 1.71 bits per heavy atom. The van der Waals surface area contributed by atoms with Crippen LogP contribution in [0.15, 0.2) is 24.3 Å². The van der Waals surface area contributed by atoms with Crippen LogP contribution in [-0.4, -0.2) is 28.3 Å². The van der Waals surface area contributed by atoms with E-state index in [2.05, 4.69) is 5.32 Å². The van der Waals surface area contributed by atoms with E-state index >= 15 is 0 Å². The summed E-state index contributed by atoms with van der Waals surface area (Å²) in [4.78, 5) is 23.3. The van der Waals surface area contributed by atoms with Crippen LogP contribution in [0, 0.1) is 0 Å². The van der Waals surface area contributed by atoms with Crippen molar-refractivity contribution in [3.05, 3.63) is 34.9 Å². The van der Waals surface area contributed by atoms with Crippen molar-refractivity contribution in [1.82, 2.24) is 5.32 Å². The summed E-state index contributed by atoms with van der Waals surface area (Å²) in [6.45, 7) is 6.57. The SMILES string of the molecule is CC(C)(C)OC(=O)N[C@](C)(Cc1ccc(Cl)cc1)C(=O)O. The van der Waals surface area contributed by atoms with E-state index in [1.165, 1.54) is 6.92 Å². The molecule has 0 unspecified atom stereocenters. The molecular weight excluding hydrogens is 294 g/mol. The third-order valence-electron chi connectivity index (χ3n) is 2.72. The minimum atomic E-state index is -1.46. The van der Waals surface area contributed by atoms with Crippen molar-refractivity contribution >= 4 is 23.7 Å². The molecule has 6 heteroatoms. The van der Waals surface area contributed by atoms with Gasteiger partial charge in [0, 0.05) is 11.4 Å². The van der Waals surface area contributed by atoms with E-state index in [0.29, 0.717) is 5.02 Å². The van der Waals surface area contributed by atoms with Gasteiger partial charge in [-0.1, -0.05) is 23.7 Å². The third-order valence-corrected chi connectivity index (χ3v) is 2.97. The third kappa shape index (κ3) is 5.63. The van der Waals surface area contributed by atoms with Gasteiger partial charge in [-0.2, -0.15) is 0 Å². The van der Waals surface area contributed by atoms with E-state index in [0.717, 1.165) is 5.56 Å². The van der Waals surface area contributed by atoms with Gasteiger partial charge in [-0.15, -0.1) is 0 Å². The molecule has 1 atom stereocenters. The normalized spacial score (nSPS) is 14.1. The van der Waals surface area contributed by atoms with Crippen molar-refractivity contribution in [2.24, 2.45) is 0 Å². The summed E-state index contributed by atoms with van der Waals surface area (Å²) < 4.78 is 5.11. The van der Waals surface area contributed by atoms with Crippen LogP contribution >= 0.6 is 11.6 Å². The number of carbonyl (C=O) groups excluding carboxylic acids is 1. The van der Waals surface area contributed by atoms with E-state index < -0.39 is 23.2 Å². The molecule has 0 spiro atoms. The second kappa shape index (κ2) is 6.35. The van der Waals surface area contributed by atoms with Gasteiger partial charge in [0.05, 0.1) is 0 Å². The van der Waals surface area contributed by atoms with Crippen LogP contribution in [0.2, 0.25) is 5.02 Å². The molecule has 0 saturated heterocycles. The van der Waals surface area contributed by atoms with Gasteiger partial charge >= 0.3 is 12.1 Å². The number of carboxylic acid groups (broad SMARTS) is 1. The molecule has 1 aromatic rings. The van der Waals surface area contributed by atoms with Gasteiger partial charge in [0.2, 0.25) is 0 Å². The van der Waals surface area contributed by atoms with Crippen molar-refractivity contribution in [2.75, 3.05) is 0 Å². The molecule has 0 fully saturated rings. The number of rotatable bonds is 4. The number of carbonyl (C=O) groups is 2. The quantitative estimate of drug-likeness (QED) is 0.894. The number of carboxylic acids is 1. The number of halogens is 1. The summed E-state index contributed by atoms with van der Waals surface area (Å²) in [7, 11) is 0. The fourth-order valence-corrected chi connectivity index (χ4v) is 1.84. The first-order valence-electron chi connectivity index (χ1n) is 6.51. The van der Waals surface area contributed by atoms with E-state index in [1.54, 1.807) is 45.0 Å². The van der Waals surface area contributed by atoms with Gasteiger partial charge in [0.1, 0.15) is 11.1 Å². The predicted octanol–water partition coefficient (Wildman–Crippen LogP) is 3.25. The molecule has 0 aliphatic rings. The zero-order valence-corrected chi connectivity index (χ0v) is 13.3. The lowest BCUT2D eigenvalue weighted by atomic mass is 9.93. The molecular formula is C15H20ClNO4. The van der Waals surface area contributed by atoms with Gasteiger partial charge in [-0.05, 0) is 45.4 Å². The zero-order valence-electron chi connectivity index (χ0n) is 12.6. The number of aliphatic carboxylic acids is 1. The van der Waals surface area contributed by atoms with Crippen LogP contribution in [0.1, 0.15) is 33.3 Å². The Bertz CT molecular complexity index is 521. The van der Waals surface area contributed by atoms with Crippen molar-refractivity contribution in [3.63, 3.8) is 0 Å². The Morgan fingerprint density at radius 1 is 1.19 bits per heavy atom. The number of hydrogen-bond acceptors (Lipinski definition) is 3. The summed E-state index contributed by atoms with van der Waals surface area (Å²) in [5.74, 6) is -1.14. The number of ether oxygens (including phenoxy) is 1. The zero-order chi connectivity index (χ0) is 16.3. The maximum atomic E-state index is 11.8. The van der Waals surface area contributed by atoms with Gasteiger partial charge < -0.3 is 15.2 Å². The van der Waals surface area contributed by atoms with Gasteiger partial charge in [0.15, 0.2) is 0 Å². The smallest absolute Gasteiger partial charge is 0.408 e. The lowest BCUT2D eigenvalue weighted by molar-refractivity contribution is -0.144. The van der Waals surface area contributed by atoms with Crippen molar-refractivity contribution in [3.8, 4) is 0 Å². The lowest BCUT2D eigenvalue weighted by Gasteiger charge is -2.28. The number of alkyl carbamates (subject to hydrolysis) is 1. The molecule has 21 heavy (non-hydrogen) atoms. The van der Waals surface area contributed by atoms with Gasteiger partial charge in [0.25, 0.3) is 0 Å². The minimum Gasteiger partial charge on any atom is -0.480 e. The van der Waals surface area contributed by atoms with Crippen molar-refractivity contribution in [2.45, 2.75) is 45.3 Å². The Morgan fingerprint density at radius 3 is 2.14 bits per heavy atom. The van der Waals surface area contributed by atoms with Crippen LogP contribution in [0.25, 0.3) is 0 Å². The Balaban J connectivity index is 2.86. The average molecular weight is 314 g/mol. The summed E-state index contributed by atoms with van der Waals surface area (Å²) in [5, 5.41) is 12.4. The standard InChI is InChI=1S/C15H20ClNO4/c1-14(2,3)21-13(20)17-15(4,12(18)19)9-10-5-7-11(16)8-6-10/h5-8H,9H2,1-4H3,(H,17,20)(H,18,19)/t15-/m1/s1. The number of amides is 1. The molecule has 0 aromatic heterocycles. The number of nitrogens with one attached hydrogen (secondary N) is 1. The molecule has 116 valence electrons. The second-order valence-corrected chi connectivity index (χ2v) is 6.50. The van der Waals surface area contributed by atoms with Crippen LogP contribution in [-0.2, 0) is 16.0 Å². The average Bonchev–Trinajstić information content (AvgIpc) is 2.29. The van der Waals surface area contributed by atoms with Gasteiger partial charge in [-0.3, -0.25) is 0 Å². The maximum Gasteiger partial charge on any atom is 0.408 e. The van der Waals surface area contributed by atoms with Gasteiger partial charge in [-0.25, -0.2) is 9.59 Å². The molecule has 5 nitrogen and oxygen atoms in total. The topological polar surface area (TPSA) is 75.6 Å². The summed E-state index contributed by atoms with van der Waals surface area (Å²) in [6.07, 6.45) is -0.639. The lowest BCUT2D eigenvalue weighted by Crippen LogP contribution is -2.54. The first-order valence-corrected chi connectivity index (χ1v) is 6.89. The maximum absolute atomic E-state index is 11.8. The van der Waals surface area contributed by atoms with Crippen molar-refractivity contribution < 1.29 is 19.4 Å². The Labute approximate surface area is 129 Å². The minimum absolute atomic E-state index is 0.124. The molecule has 0 saturated carbocycles. The van der Waals surface area contributed by atoms with Crippen molar-refractivity contribution in [1.29, 1.82) is 0 Å². The molecule has 2 N–H and O–H groups in total. The van der Waals surface area contributed by atoms with E-state index in [-0.39, 0.29) is 6.42 Å². The molecule has 1 rings (SSSR count). The molecule has 0 bridgehead atoms. The first-order chi connectivity index (χ1) is 9.52. The Kier molecular flexibility index (Phi) is 5.23. The first kappa shape index (κ1) is 17.3. The second-order valence-electron chi connectivity index (χ2n) is 6.07. The molecule has 0 radical (unpaired) electrons. The van der Waals surface area contributed by atoms with E-state index in [4.69, 9.17) is 16.3 Å². The largest absolute Gasteiger partial charge is 0.480 e.